The monoisotopic (exact) mass is 252 g/mol. The number of alkyl halides is 3. The van der Waals surface area contributed by atoms with Crippen molar-refractivity contribution in [2.45, 2.75) is 6.18 Å². The lowest BCUT2D eigenvalue weighted by molar-refractivity contribution is -0.137. The van der Waals surface area contributed by atoms with Gasteiger partial charge in [-0.05, 0) is 17.7 Å². The minimum atomic E-state index is -4.41. The smallest absolute Gasteiger partial charge is 0.416 e. The number of aliphatic carboxylic acids is 1. The van der Waals surface area contributed by atoms with E-state index in [1.807, 2.05) is 0 Å². The molecular weight excluding hydrogens is 245 g/mol. The molecule has 2 nitrogen and oxygen atoms in total. The average molecular weight is 253 g/mol. The summed E-state index contributed by atoms with van der Waals surface area (Å²) >= 11 is 0. The van der Waals surface area contributed by atoms with Crippen LogP contribution < -0.4 is 0 Å². The van der Waals surface area contributed by atoms with Gasteiger partial charge in [-0.3, -0.25) is 0 Å². The van der Waals surface area contributed by atoms with Gasteiger partial charge in [-0.25, -0.2) is 4.79 Å². The first-order valence-corrected chi connectivity index (χ1v) is 3.92. The van der Waals surface area contributed by atoms with Crippen molar-refractivity contribution in [1.82, 2.24) is 0 Å². The predicted octanol–water partition coefficient (Wildman–Crippen LogP) is 3.23. The minimum Gasteiger partial charge on any atom is -0.478 e. The Labute approximate surface area is 95.8 Å². The van der Waals surface area contributed by atoms with Gasteiger partial charge in [0.1, 0.15) is 0 Å². The Bertz CT molecular complexity index is 396. The highest BCUT2D eigenvalue weighted by Gasteiger charge is 2.30. The summed E-state index contributed by atoms with van der Waals surface area (Å²) in [6, 6.07) is 3.81. The van der Waals surface area contributed by atoms with Gasteiger partial charge in [-0.15, -0.1) is 12.4 Å². The van der Waals surface area contributed by atoms with Crippen molar-refractivity contribution in [1.29, 1.82) is 0 Å². The van der Waals surface area contributed by atoms with Crippen LogP contribution in [0.3, 0.4) is 0 Å². The quantitative estimate of drug-likeness (QED) is 0.821. The summed E-state index contributed by atoms with van der Waals surface area (Å²) in [7, 11) is 0. The first-order valence-electron chi connectivity index (χ1n) is 3.92. The number of carbonyl (C=O) groups is 1. The second kappa shape index (κ2) is 5.03. The second-order valence-corrected chi connectivity index (χ2v) is 2.86. The molecule has 0 fully saturated rings. The Hall–Kier alpha value is -1.49. The fraction of sp³-hybridized carbons (Fsp3) is 0.100. The summed E-state index contributed by atoms with van der Waals surface area (Å²) in [4.78, 5) is 10.5. The molecule has 1 aromatic rings. The van der Waals surface area contributed by atoms with Crippen LogP contribution in [0.5, 0.6) is 0 Å². The molecule has 88 valence electrons. The summed E-state index contributed by atoms with van der Waals surface area (Å²) in [6.07, 6.45) is -4.41. The van der Waals surface area contributed by atoms with Gasteiger partial charge in [-0.2, -0.15) is 13.2 Å². The number of halogens is 4. The summed E-state index contributed by atoms with van der Waals surface area (Å²) < 4.78 is 36.4. The molecule has 6 heteroatoms. The van der Waals surface area contributed by atoms with E-state index in [1.54, 1.807) is 0 Å². The minimum absolute atomic E-state index is 0. The van der Waals surface area contributed by atoms with E-state index in [0.29, 0.717) is 0 Å². The van der Waals surface area contributed by atoms with Gasteiger partial charge in [0.05, 0.1) is 11.1 Å². The first kappa shape index (κ1) is 14.5. The third-order valence-electron chi connectivity index (χ3n) is 1.82. The highest BCUT2D eigenvalue weighted by atomic mass is 35.5. The van der Waals surface area contributed by atoms with E-state index >= 15 is 0 Å². The van der Waals surface area contributed by atoms with Crippen LogP contribution >= 0.6 is 12.4 Å². The highest BCUT2D eigenvalue weighted by Crippen LogP contribution is 2.29. The number of benzene rings is 1. The van der Waals surface area contributed by atoms with Crippen LogP contribution in [0.25, 0.3) is 5.57 Å². The molecule has 0 aliphatic heterocycles. The molecule has 0 aromatic heterocycles. The van der Waals surface area contributed by atoms with Gasteiger partial charge in [-0.1, -0.05) is 18.7 Å². The molecular formula is C10H8ClF3O2. The molecule has 1 rings (SSSR count). The van der Waals surface area contributed by atoms with Crippen molar-refractivity contribution in [2.24, 2.45) is 0 Å². The maximum absolute atomic E-state index is 12.1. The van der Waals surface area contributed by atoms with Crippen LogP contribution in [-0.4, -0.2) is 11.1 Å². The summed E-state index contributed by atoms with van der Waals surface area (Å²) in [6.45, 7) is 3.24. The Morgan fingerprint density at radius 1 is 1.19 bits per heavy atom. The number of hydrogen-bond acceptors (Lipinski definition) is 1. The van der Waals surface area contributed by atoms with Crippen LogP contribution in [0.4, 0.5) is 13.2 Å². The van der Waals surface area contributed by atoms with Crippen LogP contribution in [0.1, 0.15) is 11.1 Å². The zero-order chi connectivity index (χ0) is 11.6. The second-order valence-electron chi connectivity index (χ2n) is 2.86. The number of rotatable bonds is 2. The fourth-order valence-electron chi connectivity index (χ4n) is 0.984. The normalized spacial score (nSPS) is 10.4. The highest BCUT2D eigenvalue weighted by molar-refractivity contribution is 6.14. The summed E-state index contributed by atoms with van der Waals surface area (Å²) in [5.74, 6) is -1.25. The molecule has 0 aliphatic carbocycles. The Balaban J connectivity index is 0.00000225. The van der Waals surface area contributed by atoms with Crippen molar-refractivity contribution >= 4 is 23.9 Å². The van der Waals surface area contributed by atoms with Crippen LogP contribution in [0.2, 0.25) is 0 Å². The van der Waals surface area contributed by atoms with E-state index in [-0.39, 0.29) is 23.5 Å². The number of hydrogen-bond donors (Lipinski definition) is 1. The van der Waals surface area contributed by atoms with Crippen molar-refractivity contribution in [3.63, 3.8) is 0 Å². The molecule has 1 aromatic carbocycles. The fourth-order valence-corrected chi connectivity index (χ4v) is 0.984. The molecule has 0 heterocycles. The topological polar surface area (TPSA) is 37.3 Å². The molecule has 0 saturated heterocycles. The summed E-state index contributed by atoms with van der Waals surface area (Å²) in [5.41, 5.74) is -0.885. The zero-order valence-corrected chi connectivity index (χ0v) is 8.73. The van der Waals surface area contributed by atoms with E-state index < -0.39 is 17.7 Å². The standard InChI is InChI=1S/C10H7F3O2.ClH/c1-6(9(14)15)7-2-4-8(5-3-7)10(11,12)13;/h2-5H,1H2,(H,14,15);1H. The molecule has 0 atom stereocenters. The van der Waals surface area contributed by atoms with Gasteiger partial charge in [0.2, 0.25) is 0 Å². The molecule has 1 N–H and O–H groups in total. The number of carboxylic acids is 1. The van der Waals surface area contributed by atoms with E-state index in [1.165, 1.54) is 0 Å². The molecule has 0 aliphatic rings. The van der Waals surface area contributed by atoms with Crippen molar-refractivity contribution in [2.75, 3.05) is 0 Å². The van der Waals surface area contributed by atoms with Crippen LogP contribution in [0.15, 0.2) is 30.8 Å². The Kier molecular flexibility index (Phi) is 4.56. The lowest BCUT2D eigenvalue weighted by atomic mass is 10.1. The molecule has 0 radical (unpaired) electrons. The van der Waals surface area contributed by atoms with Gasteiger partial charge >= 0.3 is 12.1 Å². The third-order valence-corrected chi connectivity index (χ3v) is 1.82. The molecule has 0 spiro atoms. The van der Waals surface area contributed by atoms with Crippen molar-refractivity contribution in [3.8, 4) is 0 Å². The van der Waals surface area contributed by atoms with Gasteiger partial charge in [0.15, 0.2) is 0 Å². The van der Waals surface area contributed by atoms with Crippen LogP contribution in [0, 0.1) is 0 Å². The van der Waals surface area contributed by atoms with Crippen LogP contribution in [-0.2, 0) is 11.0 Å². The molecule has 0 unspecified atom stereocenters. The maximum atomic E-state index is 12.1. The van der Waals surface area contributed by atoms with Crippen molar-refractivity contribution < 1.29 is 23.1 Å². The van der Waals surface area contributed by atoms with Gasteiger partial charge < -0.3 is 5.11 Å². The van der Waals surface area contributed by atoms with Gasteiger partial charge in [0.25, 0.3) is 0 Å². The zero-order valence-electron chi connectivity index (χ0n) is 7.91. The average Bonchev–Trinajstić information content (AvgIpc) is 2.15. The Morgan fingerprint density at radius 3 is 1.94 bits per heavy atom. The first-order chi connectivity index (χ1) is 6.82. The van der Waals surface area contributed by atoms with Gasteiger partial charge in [0, 0.05) is 0 Å². The molecule has 0 amide bonds. The van der Waals surface area contributed by atoms with E-state index in [2.05, 4.69) is 6.58 Å². The summed E-state index contributed by atoms with van der Waals surface area (Å²) in [5, 5.41) is 8.54. The molecule has 16 heavy (non-hydrogen) atoms. The molecule has 0 bridgehead atoms. The SMILES string of the molecule is C=C(C(=O)O)c1ccc(C(F)(F)F)cc1.Cl. The van der Waals surface area contributed by atoms with E-state index in [4.69, 9.17) is 5.11 Å². The third kappa shape index (κ3) is 3.27. The van der Waals surface area contributed by atoms with E-state index in [9.17, 15) is 18.0 Å². The lowest BCUT2D eigenvalue weighted by Crippen LogP contribution is -2.05. The predicted molar refractivity (Wildman–Crippen MR) is 55.4 cm³/mol. The number of carboxylic acid groups (broad SMARTS) is 1. The maximum Gasteiger partial charge on any atom is 0.416 e. The van der Waals surface area contributed by atoms with E-state index in [0.717, 1.165) is 24.3 Å². The lowest BCUT2D eigenvalue weighted by Gasteiger charge is -2.07. The Morgan fingerprint density at radius 2 is 1.62 bits per heavy atom. The largest absolute Gasteiger partial charge is 0.478 e. The molecule has 0 saturated carbocycles. The van der Waals surface area contributed by atoms with Crippen molar-refractivity contribution in [3.05, 3.63) is 42.0 Å².